The Morgan fingerprint density at radius 3 is 2.69 bits per heavy atom. The van der Waals surface area contributed by atoms with Gasteiger partial charge in [0.2, 0.25) is 0 Å². The molecule has 1 rings (SSSR count). The maximum Gasteiger partial charge on any atom is 0.283 e. The highest BCUT2D eigenvalue weighted by Crippen LogP contribution is 2.03. The molecule has 0 unspecified atom stereocenters. The van der Waals surface area contributed by atoms with Gasteiger partial charge in [-0.15, -0.1) is 0 Å². The summed E-state index contributed by atoms with van der Waals surface area (Å²) in [6.45, 7) is 3.05. The van der Waals surface area contributed by atoms with Crippen molar-refractivity contribution in [2.75, 3.05) is 0 Å². The summed E-state index contributed by atoms with van der Waals surface area (Å²) in [5, 5.41) is 2.18. The van der Waals surface area contributed by atoms with Gasteiger partial charge in [0.25, 0.3) is 5.56 Å². The second-order valence-corrected chi connectivity index (χ2v) is 2.99. The molecule has 0 aliphatic heterocycles. The van der Waals surface area contributed by atoms with Gasteiger partial charge in [-0.2, -0.15) is 5.16 Å². The molecule has 13 heavy (non-hydrogen) atoms. The van der Waals surface area contributed by atoms with Gasteiger partial charge in [-0.05, 0) is 13.8 Å². The molecule has 5 heteroatoms. The summed E-state index contributed by atoms with van der Waals surface area (Å²) in [7, 11) is 0. The topological polar surface area (TPSA) is 89.1 Å². The van der Waals surface area contributed by atoms with Crippen molar-refractivity contribution in [3.63, 3.8) is 0 Å². The third kappa shape index (κ3) is 2.06. The van der Waals surface area contributed by atoms with Gasteiger partial charge in [0.15, 0.2) is 0 Å². The van der Waals surface area contributed by atoms with Crippen molar-refractivity contribution >= 4 is 5.78 Å². The minimum absolute atomic E-state index is 0.139. The Kier molecular flexibility index (Phi) is 2.67. The number of ketones is 1. The maximum absolute atomic E-state index is 11.1. The Balaban J connectivity index is 2.85. The number of Topliss-reactive ketones (excluding diaryl/α,β-unsaturated/α-hetero) is 1. The summed E-state index contributed by atoms with van der Waals surface area (Å²) < 4.78 is 4.77. The molecule has 1 heterocycles. The first-order chi connectivity index (χ1) is 6.02. The Hall–Kier alpha value is -1.36. The first-order valence-corrected chi connectivity index (χ1v) is 3.95. The average molecular weight is 184 g/mol. The zero-order valence-electron chi connectivity index (χ0n) is 7.59. The van der Waals surface area contributed by atoms with Crippen molar-refractivity contribution in [1.29, 1.82) is 0 Å². The molecule has 0 aliphatic carbocycles. The van der Waals surface area contributed by atoms with Crippen LogP contribution in [-0.4, -0.2) is 17.0 Å². The van der Waals surface area contributed by atoms with Gasteiger partial charge in [-0.1, -0.05) is 0 Å². The van der Waals surface area contributed by atoms with Gasteiger partial charge in [-0.25, -0.2) is 0 Å². The van der Waals surface area contributed by atoms with E-state index in [9.17, 15) is 9.59 Å². The number of aromatic amines is 1. The SMILES string of the molecule is CC(=O)[C@H](N)Cc1c(C)o[nH]c1=O. The summed E-state index contributed by atoms with van der Waals surface area (Å²) >= 11 is 0. The number of hydrogen-bond donors (Lipinski definition) is 2. The minimum atomic E-state index is -0.627. The Labute approximate surface area is 74.9 Å². The molecular formula is C8H12N2O3. The first-order valence-electron chi connectivity index (χ1n) is 3.95. The van der Waals surface area contributed by atoms with Crippen LogP contribution in [0.1, 0.15) is 18.2 Å². The summed E-state index contributed by atoms with van der Waals surface area (Å²) in [5.74, 6) is 0.349. The molecule has 0 bridgehead atoms. The number of nitrogens with two attached hydrogens (primary N) is 1. The van der Waals surface area contributed by atoms with Crippen LogP contribution in [0, 0.1) is 6.92 Å². The van der Waals surface area contributed by atoms with E-state index in [4.69, 9.17) is 10.3 Å². The molecule has 1 aromatic rings. The number of H-pyrrole nitrogens is 1. The molecule has 0 radical (unpaired) electrons. The number of carbonyl (C=O) groups is 1. The van der Waals surface area contributed by atoms with Gasteiger partial charge < -0.3 is 10.3 Å². The third-order valence-corrected chi connectivity index (χ3v) is 1.94. The predicted octanol–water partition coefficient (Wildman–Crippen LogP) is -0.265. The average Bonchev–Trinajstić information content (AvgIpc) is 2.35. The normalized spacial score (nSPS) is 12.8. The molecular weight excluding hydrogens is 172 g/mol. The molecule has 5 nitrogen and oxygen atoms in total. The fourth-order valence-corrected chi connectivity index (χ4v) is 1.01. The predicted molar refractivity (Wildman–Crippen MR) is 46.4 cm³/mol. The molecule has 3 N–H and O–H groups in total. The van der Waals surface area contributed by atoms with Gasteiger partial charge >= 0.3 is 0 Å². The molecule has 1 atom stereocenters. The highest BCUT2D eigenvalue weighted by Gasteiger charge is 2.15. The van der Waals surface area contributed by atoms with E-state index in [1.807, 2.05) is 0 Å². The highest BCUT2D eigenvalue weighted by atomic mass is 16.5. The highest BCUT2D eigenvalue weighted by molar-refractivity contribution is 5.81. The molecule has 0 aliphatic rings. The zero-order valence-corrected chi connectivity index (χ0v) is 7.59. The lowest BCUT2D eigenvalue weighted by Gasteiger charge is -2.04. The lowest BCUT2D eigenvalue weighted by Crippen LogP contribution is -2.32. The number of carbonyl (C=O) groups excluding carboxylic acids is 1. The fraction of sp³-hybridized carbons (Fsp3) is 0.500. The third-order valence-electron chi connectivity index (χ3n) is 1.94. The van der Waals surface area contributed by atoms with Crippen LogP contribution in [0.3, 0.4) is 0 Å². The van der Waals surface area contributed by atoms with Crippen molar-refractivity contribution in [2.24, 2.45) is 5.73 Å². The van der Waals surface area contributed by atoms with E-state index in [0.717, 1.165) is 0 Å². The number of hydrogen-bond acceptors (Lipinski definition) is 4. The van der Waals surface area contributed by atoms with Crippen LogP contribution < -0.4 is 11.3 Å². The second-order valence-electron chi connectivity index (χ2n) is 2.99. The summed E-state index contributed by atoms with van der Waals surface area (Å²) in [6, 6.07) is -0.627. The molecule has 0 aromatic carbocycles. The summed E-state index contributed by atoms with van der Waals surface area (Å²) in [5.41, 5.74) is 5.64. The zero-order chi connectivity index (χ0) is 10.0. The van der Waals surface area contributed by atoms with E-state index in [0.29, 0.717) is 11.3 Å². The Bertz CT molecular complexity index is 364. The van der Waals surface area contributed by atoms with Crippen LogP contribution in [0.4, 0.5) is 0 Å². The van der Waals surface area contributed by atoms with Crippen molar-refractivity contribution in [2.45, 2.75) is 26.3 Å². The fourth-order valence-electron chi connectivity index (χ4n) is 1.01. The van der Waals surface area contributed by atoms with Crippen LogP contribution in [0.2, 0.25) is 0 Å². The van der Waals surface area contributed by atoms with E-state index < -0.39 is 6.04 Å². The van der Waals surface area contributed by atoms with E-state index >= 15 is 0 Å². The second kappa shape index (κ2) is 3.57. The van der Waals surface area contributed by atoms with E-state index in [2.05, 4.69) is 5.16 Å². The summed E-state index contributed by atoms with van der Waals surface area (Å²) in [6.07, 6.45) is 0.229. The van der Waals surface area contributed by atoms with Crippen molar-refractivity contribution in [3.8, 4) is 0 Å². The smallest absolute Gasteiger partial charge is 0.283 e. The van der Waals surface area contributed by atoms with Crippen LogP contribution in [-0.2, 0) is 11.2 Å². The number of nitrogens with one attached hydrogen (secondary N) is 1. The quantitative estimate of drug-likeness (QED) is 0.677. The van der Waals surface area contributed by atoms with E-state index in [1.165, 1.54) is 6.92 Å². The molecule has 1 aromatic heterocycles. The van der Waals surface area contributed by atoms with Gasteiger partial charge in [-0.3, -0.25) is 9.59 Å². The monoisotopic (exact) mass is 184 g/mol. The molecule has 0 spiro atoms. The lowest BCUT2D eigenvalue weighted by atomic mass is 10.1. The maximum atomic E-state index is 11.1. The summed E-state index contributed by atoms with van der Waals surface area (Å²) in [4.78, 5) is 21.9. The van der Waals surface area contributed by atoms with Crippen molar-refractivity contribution in [3.05, 3.63) is 21.7 Å². The van der Waals surface area contributed by atoms with Gasteiger partial charge in [0.1, 0.15) is 11.5 Å². The van der Waals surface area contributed by atoms with E-state index in [1.54, 1.807) is 6.92 Å². The van der Waals surface area contributed by atoms with Crippen molar-refractivity contribution < 1.29 is 9.32 Å². The molecule has 0 saturated carbocycles. The van der Waals surface area contributed by atoms with Gasteiger partial charge in [0.05, 0.1) is 11.6 Å². The molecule has 0 amide bonds. The minimum Gasteiger partial charge on any atom is -0.384 e. The van der Waals surface area contributed by atoms with Crippen LogP contribution in [0.25, 0.3) is 0 Å². The molecule has 0 saturated heterocycles. The first kappa shape index (κ1) is 9.73. The number of aromatic nitrogens is 1. The molecule has 72 valence electrons. The van der Waals surface area contributed by atoms with Crippen LogP contribution in [0.5, 0.6) is 0 Å². The lowest BCUT2D eigenvalue weighted by molar-refractivity contribution is -0.118. The van der Waals surface area contributed by atoms with Crippen molar-refractivity contribution in [1.82, 2.24) is 5.16 Å². The standard InChI is InChI=1S/C8H12N2O3/c1-4(11)7(9)3-6-5(2)13-10-8(6)12/h7H,3,9H2,1-2H3,(H,10,12)/t7-/m1/s1. The number of rotatable bonds is 3. The Morgan fingerprint density at radius 2 is 2.31 bits per heavy atom. The van der Waals surface area contributed by atoms with Crippen LogP contribution in [0.15, 0.2) is 9.32 Å². The largest absolute Gasteiger partial charge is 0.384 e. The van der Waals surface area contributed by atoms with Gasteiger partial charge in [0, 0.05) is 6.42 Å². The Morgan fingerprint density at radius 1 is 1.69 bits per heavy atom. The number of aryl methyl sites for hydroxylation is 1. The van der Waals surface area contributed by atoms with Crippen LogP contribution >= 0.6 is 0 Å². The van der Waals surface area contributed by atoms with E-state index in [-0.39, 0.29) is 17.8 Å². The molecule has 0 fully saturated rings.